The van der Waals surface area contributed by atoms with Crippen molar-refractivity contribution in [3.05, 3.63) is 29.8 Å². The van der Waals surface area contributed by atoms with Crippen molar-refractivity contribution < 1.29 is 18.3 Å². The van der Waals surface area contributed by atoms with Crippen LogP contribution in [0.15, 0.2) is 29.2 Å². The number of carbonyl (C=O) groups is 1. The third-order valence-corrected chi connectivity index (χ3v) is 5.45. The van der Waals surface area contributed by atoms with E-state index >= 15 is 0 Å². The van der Waals surface area contributed by atoms with Crippen LogP contribution in [0.3, 0.4) is 0 Å². The molecule has 0 aliphatic carbocycles. The van der Waals surface area contributed by atoms with Crippen molar-refractivity contribution >= 4 is 16.0 Å². The maximum atomic E-state index is 12.5. The van der Waals surface area contributed by atoms with Gasteiger partial charge in [-0.05, 0) is 43.0 Å². The molecule has 0 aromatic heterocycles. The third kappa shape index (κ3) is 3.60. The van der Waals surface area contributed by atoms with E-state index in [1.807, 2.05) is 6.07 Å². The lowest BCUT2D eigenvalue weighted by molar-refractivity contribution is -0.138. The predicted molar refractivity (Wildman–Crippen MR) is 74.9 cm³/mol. The van der Waals surface area contributed by atoms with Crippen molar-refractivity contribution in [2.24, 2.45) is 5.92 Å². The van der Waals surface area contributed by atoms with Crippen LogP contribution < -0.4 is 0 Å². The van der Waals surface area contributed by atoms with E-state index < -0.39 is 16.0 Å². The number of aliphatic carboxylic acids is 1. The third-order valence-electron chi connectivity index (χ3n) is 3.57. The zero-order valence-electron chi connectivity index (χ0n) is 11.4. The number of hydrogen-bond acceptors (Lipinski definition) is 4. The van der Waals surface area contributed by atoms with Gasteiger partial charge in [0.1, 0.15) is 0 Å². The number of sulfonamides is 1. The molecule has 1 aliphatic heterocycles. The number of piperidine rings is 1. The van der Waals surface area contributed by atoms with E-state index in [1.165, 1.54) is 28.6 Å². The number of carboxylic acid groups (broad SMARTS) is 1. The minimum Gasteiger partial charge on any atom is -0.481 e. The molecule has 2 rings (SSSR count). The van der Waals surface area contributed by atoms with E-state index in [2.05, 4.69) is 0 Å². The lowest BCUT2D eigenvalue weighted by Crippen LogP contribution is -2.40. The van der Waals surface area contributed by atoms with Crippen molar-refractivity contribution in [1.82, 2.24) is 4.31 Å². The summed E-state index contributed by atoms with van der Waals surface area (Å²) in [6, 6.07) is 7.69. The molecule has 1 fully saturated rings. The minimum atomic E-state index is -3.62. The number of carboxylic acids is 1. The van der Waals surface area contributed by atoms with E-state index in [-0.39, 0.29) is 23.8 Å². The van der Waals surface area contributed by atoms with Gasteiger partial charge >= 0.3 is 5.97 Å². The molecule has 21 heavy (non-hydrogen) atoms. The van der Waals surface area contributed by atoms with Crippen molar-refractivity contribution in [2.45, 2.75) is 24.2 Å². The first-order valence-electron chi connectivity index (χ1n) is 6.65. The molecule has 0 saturated carbocycles. The molecule has 0 amide bonds. The Hall–Kier alpha value is -1.91. The molecule has 0 bridgehead atoms. The Morgan fingerprint density at radius 1 is 1.38 bits per heavy atom. The van der Waals surface area contributed by atoms with E-state index in [4.69, 9.17) is 10.4 Å². The van der Waals surface area contributed by atoms with Gasteiger partial charge in [0, 0.05) is 19.5 Å². The first kappa shape index (κ1) is 15.5. The molecule has 1 aromatic rings. The summed E-state index contributed by atoms with van der Waals surface area (Å²) in [4.78, 5) is 10.9. The average Bonchev–Trinajstić information content (AvgIpc) is 2.47. The van der Waals surface area contributed by atoms with Crippen LogP contribution in [0.5, 0.6) is 0 Å². The standard InChI is InChI=1S/C14H16N2O4S/c15-9-11-3-5-13(6-4-11)21(19,20)16-7-1-2-12(10-16)8-14(17)18/h3-6,12H,1-2,7-8,10H2,(H,17,18). The number of nitrogens with zero attached hydrogens (tertiary/aromatic N) is 2. The molecule has 0 spiro atoms. The number of hydrogen-bond donors (Lipinski definition) is 1. The number of benzene rings is 1. The molecule has 1 N–H and O–H groups in total. The van der Waals surface area contributed by atoms with Gasteiger partial charge in [0.15, 0.2) is 0 Å². The zero-order valence-corrected chi connectivity index (χ0v) is 12.2. The van der Waals surface area contributed by atoms with Gasteiger partial charge in [0.2, 0.25) is 10.0 Å². The van der Waals surface area contributed by atoms with Gasteiger partial charge in [-0.2, -0.15) is 9.57 Å². The Balaban J connectivity index is 2.18. The maximum absolute atomic E-state index is 12.5. The molecular formula is C14H16N2O4S. The summed E-state index contributed by atoms with van der Waals surface area (Å²) >= 11 is 0. The first-order valence-corrected chi connectivity index (χ1v) is 8.09. The fourth-order valence-electron chi connectivity index (χ4n) is 2.51. The molecule has 1 saturated heterocycles. The SMILES string of the molecule is N#Cc1ccc(S(=O)(=O)N2CCCC(CC(=O)O)C2)cc1. The summed E-state index contributed by atoms with van der Waals surface area (Å²) in [6.07, 6.45) is 1.37. The van der Waals surface area contributed by atoms with Crippen LogP contribution in [-0.2, 0) is 14.8 Å². The summed E-state index contributed by atoms with van der Waals surface area (Å²) in [5.41, 5.74) is 0.399. The largest absolute Gasteiger partial charge is 0.481 e. The van der Waals surface area contributed by atoms with Gasteiger partial charge in [-0.3, -0.25) is 4.79 Å². The molecule has 1 aromatic carbocycles. The van der Waals surface area contributed by atoms with E-state index in [9.17, 15) is 13.2 Å². The van der Waals surface area contributed by atoms with Crippen LogP contribution in [0.2, 0.25) is 0 Å². The summed E-state index contributed by atoms with van der Waals surface area (Å²) < 4.78 is 26.4. The summed E-state index contributed by atoms with van der Waals surface area (Å²) in [7, 11) is -3.62. The zero-order chi connectivity index (χ0) is 15.5. The van der Waals surface area contributed by atoms with Gasteiger partial charge in [-0.15, -0.1) is 0 Å². The number of rotatable bonds is 4. The summed E-state index contributed by atoms with van der Waals surface area (Å²) in [6.45, 7) is 0.632. The Morgan fingerprint density at radius 2 is 2.05 bits per heavy atom. The second-order valence-corrected chi connectivity index (χ2v) is 7.04. The average molecular weight is 308 g/mol. The monoisotopic (exact) mass is 308 g/mol. The lowest BCUT2D eigenvalue weighted by Gasteiger charge is -2.31. The van der Waals surface area contributed by atoms with Crippen LogP contribution in [0.1, 0.15) is 24.8 Å². The maximum Gasteiger partial charge on any atom is 0.303 e. The molecule has 1 atom stereocenters. The predicted octanol–water partition coefficient (Wildman–Crippen LogP) is 1.43. The first-order chi connectivity index (χ1) is 9.93. The van der Waals surface area contributed by atoms with Crippen molar-refractivity contribution in [1.29, 1.82) is 5.26 Å². The van der Waals surface area contributed by atoms with Gasteiger partial charge in [-0.1, -0.05) is 0 Å². The normalized spacial score (nSPS) is 19.9. The number of nitriles is 1. The summed E-state index contributed by atoms with van der Waals surface area (Å²) in [5, 5.41) is 17.6. The van der Waals surface area contributed by atoms with E-state index in [0.29, 0.717) is 18.5 Å². The quantitative estimate of drug-likeness (QED) is 0.907. The molecule has 1 aliphatic rings. The second kappa shape index (κ2) is 6.24. The molecule has 1 unspecified atom stereocenters. The van der Waals surface area contributed by atoms with Crippen molar-refractivity contribution in [3.63, 3.8) is 0 Å². The van der Waals surface area contributed by atoms with Crippen LogP contribution in [0.4, 0.5) is 0 Å². The highest BCUT2D eigenvalue weighted by Gasteiger charge is 2.31. The highest BCUT2D eigenvalue weighted by atomic mass is 32.2. The van der Waals surface area contributed by atoms with Gasteiger partial charge in [0.25, 0.3) is 0 Å². The molecule has 1 heterocycles. The topological polar surface area (TPSA) is 98.5 Å². The van der Waals surface area contributed by atoms with Gasteiger partial charge in [0.05, 0.1) is 16.5 Å². The van der Waals surface area contributed by atoms with Crippen molar-refractivity contribution in [3.8, 4) is 6.07 Å². The van der Waals surface area contributed by atoms with Crippen molar-refractivity contribution in [2.75, 3.05) is 13.1 Å². The van der Waals surface area contributed by atoms with E-state index in [0.717, 1.165) is 6.42 Å². The molecule has 7 heteroatoms. The lowest BCUT2D eigenvalue weighted by atomic mass is 9.96. The highest BCUT2D eigenvalue weighted by molar-refractivity contribution is 7.89. The Labute approximate surface area is 123 Å². The van der Waals surface area contributed by atoms with Gasteiger partial charge < -0.3 is 5.11 Å². The molecule has 6 nitrogen and oxygen atoms in total. The minimum absolute atomic E-state index is 0.0145. The van der Waals surface area contributed by atoms with Crippen LogP contribution in [0, 0.1) is 17.2 Å². The smallest absolute Gasteiger partial charge is 0.303 e. The fourth-order valence-corrected chi connectivity index (χ4v) is 4.06. The van der Waals surface area contributed by atoms with Crippen LogP contribution >= 0.6 is 0 Å². The Kier molecular flexibility index (Phi) is 4.60. The van der Waals surface area contributed by atoms with Crippen LogP contribution in [0.25, 0.3) is 0 Å². The second-order valence-electron chi connectivity index (χ2n) is 5.11. The molecular weight excluding hydrogens is 292 g/mol. The van der Waals surface area contributed by atoms with Gasteiger partial charge in [-0.25, -0.2) is 8.42 Å². The van der Waals surface area contributed by atoms with E-state index in [1.54, 1.807) is 0 Å². The van der Waals surface area contributed by atoms with Crippen LogP contribution in [-0.4, -0.2) is 36.9 Å². The Bertz CT molecular complexity index is 661. The summed E-state index contributed by atoms with van der Waals surface area (Å²) in [5.74, 6) is -1.05. The molecule has 112 valence electrons. The highest BCUT2D eigenvalue weighted by Crippen LogP contribution is 2.25. The molecule has 0 radical (unpaired) electrons. The Morgan fingerprint density at radius 3 is 2.62 bits per heavy atom. The fraction of sp³-hybridized carbons (Fsp3) is 0.429.